The summed E-state index contributed by atoms with van der Waals surface area (Å²) >= 11 is 6.04. The fourth-order valence-corrected chi connectivity index (χ4v) is 3.00. The monoisotopic (exact) mass is 266 g/mol. The molecule has 100 valence electrons. The molecule has 1 aliphatic rings. The summed E-state index contributed by atoms with van der Waals surface area (Å²) in [5.74, 6) is 0. The molecular weight excluding hydrogens is 244 g/mol. The summed E-state index contributed by atoms with van der Waals surface area (Å²) in [7, 11) is 2.20. The minimum Gasteiger partial charge on any atom is -0.398 e. The van der Waals surface area contributed by atoms with Crippen molar-refractivity contribution in [2.45, 2.75) is 51.1 Å². The Balaban J connectivity index is 2.00. The van der Waals surface area contributed by atoms with E-state index in [-0.39, 0.29) is 0 Å². The van der Waals surface area contributed by atoms with Crippen molar-refractivity contribution >= 4 is 17.3 Å². The van der Waals surface area contributed by atoms with Crippen LogP contribution in [0.15, 0.2) is 18.2 Å². The Kier molecular flexibility index (Phi) is 4.90. The molecule has 0 saturated heterocycles. The summed E-state index contributed by atoms with van der Waals surface area (Å²) in [4.78, 5) is 2.44. The number of rotatable bonds is 3. The summed E-state index contributed by atoms with van der Waals surface area (Å²) in [6.45, 7) is 0.900. The second-order valence-electron chi connectivity index (χ2n) is 5.40. The first-order valence-corrected chi connectivity index (χ1v) is 7.29. The van der Waals surface area contributed by atoms with Gasteiger partial charge in [-0.3, -0.25) is 4.90 Å². The Labute approximate surface area is 115 Å². The number of nitrogens with zero attached hydrogens (tertiary/aromatic N) is 1. The minimum atomic E-state index is 0.700. The first-order chi connectivity index (χ1) is 8.66. The predicted molar refractivity (Wildman–Crippen MR) is 78.8 cm³/mol. The molecule has 2 rings (SSSR count). The zero-order chi connectivity index (χ0) is 13.0. The zero-order valence-electron chi connectivity index (χ0n) is 11.2. The SMILES string of the molecule is CN(Cc1cc(Cl)ccc1N)C1CCCCCC1. The van der Waals surface area contributed by atoms with E-state index in [0.717, 1.165) is 22.8 Å². The Morgan fingerprint density at radius 3 is 2.56 bits per heavy atom. The molecule has 0 heterocycles. The maximum absolute atomic E-state index is 6.04. The molecule has 2 N–H and O–H groups in total. The molecule has 0 bridgehead atoms. The van der Waals surface area contributed by atoms with Crippen LogP contribution in [0, 0.1) is 0 Å². The number of benzene rings is 1. The molecular formula is C15H23ClN2. The molecule has 1 aromatic rings. The molecule has 1 aliphatic carbocycles. The van der Waals surface area contributed by atoms with Crippen LogP contribution in [0.3, 0.4) is 0 Å². The third-order valence-corrected chi connectivity index (χ3v) is 4.21. The molecule has 0 radical (unpaired) electrons. The highest BCUT2D eigenvalue weighted by molar-refractivity contribution is 6.30. The van der Waals surface area contributed by atoms with Gasteiger partial charge in [0.1, 0.15) is 0 Å². The second-order valence-corrected chi connectivity index (χ2v) is 5.84. The highest BCUT2D eigenvalue weighted by Crippen LogP contribution is 2.24. The lowest BCUT2D eigenvalue weighted by molar-refractivity contribution is 0.213. The third kappa shape index (κ3) is 3.63. The Bertz CT molecular complexity index is 384. The van der Waals surface area contributed by atoms with Gasteiger partial charge in [0.15, 0.2) is 0 Å². The molecule has 0 atom stereocenters. The van der Waals surface area contributed by atoms with Crippen molar-refractivity contribution in [3.63, 3.8) is 0 Å². The number of hydrogen-bond donors (Lipinski definition) is 1. The number of halogens is 1. The maximum atomic E-state index is 6.04. The molecule has 3 heteroatoms. The van der Waals surface area contributed by atoms with Gasteiger partial charge in [0.25, 0.3) is 0 Å². The van der Waals surface area contributed by atoms with Gasteiger partial charge >= 0.3 is 0 Å². The lowest BCUT2D eigenvalue weighted by Crippen LogP contribution is -2.31. The van der Waals surface area contributed by atoms with Gasteiger partial charge in [-0.15, -0.1) is 0 Å². The maximum Gasteiger partial charge on any atom is 0.0410 e. The topological polar surface area (TPSA) is 29.3 Å². The standard InChI is InChI=1S/C15H23ClN2/c1-18(14-6-4-2-3-5-7-14)11-12-10-13(16)8-9-15(12)17/h8-10,14H,2-7,11,17H2,1H3. The molecule has 1 aromatic carbocycles. The van der Waals surface area contributed by atoms with E-state index in [1.54, 1.807) is 0 Å². The molecule has 1 saturated carbocycles. The summed E-state index contributed by atoms with van der Waals surface area (Å²) in [6, 6.07) is 6.44. The van der Waals surface area contributed by atoms with Gasteiger partial charge in [-0.05, 0) is 43.7 Å². The van der Waals surface area contributed by atoms with Crippen molar-refractivity contribution in [3.8, 4) is 0 Å². The highest BCUT2D eigenvalue weighted by Gasteiger charge is 2.17. The summed E-state index contributed by atoms with van der Waals surface area (Å²) < 4.78 is 0. The highest BCUT2D eigenvalue weighted by atomic mass is 35.5. The predicted octanol–water partition coefficient (Wildman–Crippen LogP) is 4.08. The van der Waals surface area contributed by atoms with E-state index in [1.165, 1.54) is 38.5 Å². The molecule has 2 nitrogen and oxygen atoms in total. The van der Waals surface area contributed by atoms with E-state index in [2.05, 4.69) is 11.9 Å². The average Bonchev–Trinajstić information content (AvgIpc) is 2.62. The minimum absolute atomic E-state index is 0.700. The Hall–Kier alpha value is -0.730. The number of anilines is 1. The fourth-order valence-electron chi connectivity index (χ4n) is 2.81. The summed E-state index contributed by atoms with van der Waals surface area (Å²) in [5.41, 5.74) is 8.01. The molecule has 0 amide bonds. The first-order valence-electron chi connectivity index (χ1n) is 6.91. The molecule has 18 heavy (non-hydrogen) atoms. The van der Waals surface area contributed by atoms with E-state index in [4.69, 9.17) is 17.3 Å². The van der Waals surface area contributed by atoms with Crippen molar-refractivity contribution in [1.82, 2.24) is 4.90 Å². The summed E-state index contributed by atoms with van der Waals surface area (Å²) in [5, 5.41) is 0.772. The van der Waals surface area contributed by atoms with Crippen LogP contribution >= 0.6 is 11.6 Å². The van der Waals surface area contributed by atoms with Gasteiger partial charge in [-0.2, -0.15) is 0 Å². The van der Waals surface area contributed by atoms with E-state index in [9.17, 15) is 0 Å². The van der Waals surface area contributed by atoms with Crippen LogP contribution in [0.2, 0.25) is 5.02 Å². The van der Waals surface area contributed by atoms with Gasteiger partial charge < -0.3 is 5.73 Å². The third-order valence-electron chi connectivity index (χ3n) is 3.97. The smallest absolute Gasteiger partial charge is 0.0410 e. The molecule has 1 fully saturated rings. The van der Waals surface area contributed by atoms with Crippen LogP contribution in [0.5, 0.6) is 0 Å². The first kappa shape index (κ1) is 13.7. The van der Waals surface area contributed by atoms with E-state index < -0.39 is 0 Å². The fraction of sp³-hybridized carbons (Fsp3) is 0.600. The molecule has 0 aliphatic heterocycles. The molecule has 0 unspecified atom stereocenters. The van der Waals surface area contributed by atoms with Gasteiger partial charge in [-0.1, -0.05) is 37.3 Å². The average molecular weight is 267 g/mol. The lowest BCUT2D eigenvalue weighted by Gasteiger charge is -2.27. The largest absolute Gasteiger partial charge is 0.398 e. The van der Waals surface area contributed by atoms with Crippen molar-refractivity contribution < 1.29 is 0 Å². The van der Waals surface area contributed by atoms with Crippen molar-refractivity contribution in [3.05, 3.63) is 28.8 Å². The quantitative estimate of drug-likeness (QED) is 0.660. The van der Waals surface area contributed by atoms with Crippen molar-refractivity contribution in [2.24, 2.45) is 0 Å². The zero-order valence-corrected chi connectivity index (χ0v) is 11.9. The van der Waals surface area contributed by atoms with E-state index in [1.807, 2.05) is 18.2 Å². The van der Waals surface area contributed by atoms with Crippen LogP contribution in [0.4, 0.5) is 5.69 Å². The molecule has 0 spiro atoms. The van der Waals surface area contributed by atoms with Crippen LogP contribution < -0.4 is 5.73 Å². The van der Waals surface area contributed by atoms with Gasteiger partial charge in [0.2, 0.25) is 0 Å². The lowest BCUT2D eigenvalue weighted by atomic mass is 10.1. The van der Waals surface area contributed by atoms with Crippen molar-refractivity contribution in [2.75, 3.05) is 12.8 Å². The van der Waals surface area contributed by atoms with Gasteiger partial charge in [0, 0.05) is 23.3 Å². The Morgan fingerprint density at radius 2 is 1.89 bits per heavy atom. The van der Waals surface area contributed by atoms with Crippen LogP contribution in [0.1, 0.15) is 44.1 Å². The van der Waals surface area contributed by atoms with Gasteiger partial charge in [0.05, 0.1) is 0 Å². The van der Waals surface area contributed by atoms with E-state index >= 15 is 0 Å². The number of nitrogen functional groups attached to an aromatic ring is 1. The van der Waals surface area contributed by atoms with Crippen LogP contribution in [0.25, 0.3) is 0 Å². The summed E-state index contributed by atoms with van der Waals surface area (Å²) in [6.07, 6.45) is 8.14. The van der Waals surface area contributed by atoms with Crippen molar-refractivity contribution in [1.29, 1.82) is 0 Å². The number of hydrogen-bond acceptors (Lipinski definition) is 2. The second kappa shape index (κ2) is 6.44. The van der Waals surface area contributed by atoms with E-state index in [0.29, 0.717) is 6.04 Å². The normalized spacial score (nSPS) is 17.9. The number of nitrogens with two attached hydrogens (primary N) is 1. The Morgan fingerprint density at radius 1 is 1.22 bits per heavy atom. The molecule has 0 aromatic heterocycles. The van der Waals surface area contributed by atoms with Crippen LogP contribution in [-0.4, -0.2) is 18.0 Å². The van der Waals surface area contributed by atoms with Gasteiger partial charge in [-0.25, -0.2) is 0 Å². The van der Waals surface area contributed by atoms with Crippen LogP contribution in [-0.2, 0) is 6.54 Å².